The highest BCUT2D eigenvalue weighted by Crippen LogP contribution is 2.21. The topological polar surface area (TPSA) is 70.7 Å². The predicted octanol–water partition coefficient (Wildman–Crippen LogP) is 3.44. The Morgan fingerprint density at radius 3 is 2.38 bits per heavy atom. The van der Waals surface area contributed by atoms with Gasteiger partial charge in [0.1, 0.15) is 6.54 Å². The minimum Gasteiger partial charge on any atom is -0.370 e. The van der Waals surface area contributed by atoms with Crippen molar-refractivity contribution < 1.29 is 4.79 Å². The lowest BCUT2D eigenvalue weighted by molar-refractivity contribution is -0.130. The number of guanidine groups is 1. The minimum absolute atomic E-state index is 0. The van der Waals surface area contributed by atoms with Crippen LogP contribution in [0.15, 0.2) is 23.2 Å². The second kappa shape index (κ2) is 9.86. The second-order valence-electron chi connectivity index (χ2n) is 6.50. The summed E-state index contributed by atoms with van der Waals surface area (Å²) in [7, 11) is 1.88. The maximum atomic E-state index is 12.2. The highest BCUT2D eigenvalue weighted by molar-refractivity contribution is 14.0. The lowest BCUT2D eigenvalue weighted by Crippen LogP contribution is -2.40. The summed E-state index contributed by atoms with van der Waals surface area (Å²) in [6.07, 6.45) is 5.90. The summed E-state index contributed by atoms with van der Waals surface area (Å²) in [6, 6.07) is 6.47. The van der Waals surface area contributed by atoms with E-state index in [1.807, 2.05) is 37.9 Å². The Morgan fingerprint density at radius 2 is 1.79 bits per heavy atom. The van der Waals surface area contributed by atoms with Crippen molar-refractivity contribution in [2.45, 2.75) is 52.0 Å². The number of nitrogens with two attached hydrogens (primary N) is 1. The first-order valence-electron chi connectivity index (χ1n) is 8.36. The van der Waals surface area contributed by atoms with Gasteiger partial charge in [0.15, 0.2) is 5.96 Å². The fraction of sp³-hybridized carbons (Fsp3) is 0.556. The highest BCUT2D eigenvalue weighted by atomic mass is 127. The summed E-state index contributed by atoms with van der Waals surface area (Å²) in [6.45, 7) is 4.17. The van der Waals surface area contributed by atoms with Crippen LogP contribution in [-0.4, -0.2) is 36.4 Å². The van der Waals surface area contributed by atoms with Crippen LogP contribution in [0, 0.1) is 13.8 Å². The van der Waals surface area contributed by atoms with E-state index in [1.54, 1.807) is 0 Å². The largest absolute Gasteiger partial charge is 0.370 e. The van der Waals surface area contributed by atoms with Gasteiger partial charge in [-0.15, -0.1) is 24.0 Å². The normalized spacial score (nSPS) is 15.5. The standard InChI is InChI=1S/C18H28N4O.HI/c1-13-9-14(2)11-15(10-13)21-18(19)20-12-17(23)22(3)16-7-5-4-6-8-16;/h9-11,16H,4-8,12H2,1-3H3,(H3,19,20,21);1H. The molecule has 5 nitrogen and oxygen atoms in total. The van der Waals surface area contributed by atoms with Crippen LogP contribution in [0.25, 0.3) is 0 Å². The molecule has 0 aromatic heterocycles. The quantitative estimate of drug-likeness (QED) is 0.425. The van der Waals surface area contributed by atoms with Gasteiger partial charge in [0, 0.05) is 18.8 Å². The summed E-state index contributed by atoms with van der Waals surface area (Å²) < 4.78 is 0. The van der Waals surface area contributed by atoms with E-state index in [4.69, 9.17) is 5.73 Å². The molecule has 1 aliphatic carbocycles. The maximum Gasteiger partial charge on any atom is 0.244 e. The first-order chi connectivity index (χ1) is 11.0. The molecule has 0 aliphatic heterocycles. The van der Waals surface area contributed by atoms with E-state index in [2.05, 4.69) is 16.4 Å². The maximum absolute atomic E-state index is 12.2. The molecule has 0 radical (unpaired) electrons. The van der Waals surface area contributed by atoms with Crippen molar-refractivity contribution in [3.8, 4) is 0 Å². The molecule has 2 rings (SSSR count). The van der Waals surface area contributed by atoms with E-state index in [-0.39, 0.29) is 42.4 Å². The lowest BCUT2D eigenvalue weighted by Gasteiger charge is -2.30. The third-order valence-electron chi connectivity index (χ3n) is 4.39. The number of aryl methyl sites for hydroxylation is 2. The monoisotopic (exact) mass is 444 g/mol. The van der Waals surface area contributed by atoms with Gasteiger partial charge in [-0.1, -0.05) is 25.3 Å². The Balaban J connectivity index is 0.00000288. The van der Waals surface area contributed by atoms with Crippen LogP contribution in [0.1, 0.15) is 43.2 Å². The number of rotatable bonds is 4. The fourth-order valence-electron chi connectivity index (χ4n) is 3.17. The molecule has 0 bridgehead atoms. The lowest BCUT2D eigenvalue weighted by atomic mass is 9.94. The average Bonchev–Trinajstić information content (AvgIpc) is 2.51. The number of halogens is 1. The Morgan fingerprint density at radius 1 is 1.21 bits per heavy atom. The number of carbonyl (C=O) groups excluding carboxylic acids is 1. The van der Waals surface area contributed by atoms with E-state index in [0.29, 0.717) is 6.04 Å². The third-order valence-corrected chi connectivity index (χ3v) is 4.39. The van der Waals surface area contributed by atoms with Crippen molar-refractivity contribution >= 4 is 41.5 Å². The zero-order chi connectivity index (χ0) is 16.8. The summed E-state index contributed by atoms with van der Waals surface area (Å²) in [5, 5.41) is 3.05. The molecule has 24 heavy (non-hydrogen) atoms. The van der Waals surface area contributed by atoms with Gasteiger partial charge in [0.05, 0.1) is 0 Å². The minimum atomic E-state index is 0. The molecule has 6 heteroatoms. The molecular formula is C18H29IN4O. The Bertz CT molecular complexity index is 562. The number of nitrogens with zero attached hydrogens (tertiary/aromatic N) is 2. The average molecular weight is 444 g/mol. The number of hydrogen-bond donors (Lipinski definition) is 2. The molecule has 0 spiro atoms. The van der Waals surface area contributed by atoms with Crippen molar-refractivity contribution in [1.82, 2.24) is 4.90 Å². The summed E-state index contributed by atoms with van der Waals surface area (Å²) in [5.41, 5.74) is 9.12. The van der Waals surface area contributed by atoms with E-state index in [1.165, 1.54) is 19.3 Å². The Kier molecular flexibility index (Phi) is 8.52. The van der Waals surface area contributed by atoms with Crippen molar-refractivity contribution in [1.29, 1.82) is 0 Å². The van der Waals surface area contributed by atoms with Gasteiger partial charge in [-0.3, -0.25) is 4.79 Å². The van der Waals surface area contributed by atoms with Gasteiger partial charge in [-0.05, 0) is 49.9 Å². The molecule has 134 valence electrons. The number of hydrogen-bond acceptors (Lipinski definition) is 2. The summed E-state index contributed by atoms with van der Waals surface area (Å²) >= 11 is 0. The summed E-state index contributed by atoms with van der Waals surface area (Å²) in [5.74, 6) is 0.308. The number of anilines is 1. The van der Waals surface area contributed by atoms with E-state index < -0.39 is 0 Å². The van der Waals surface area contributed by atoms with Crippen molar-refractivity contribution in [2.75, 3.05) is 18.9 Å². The van der Waals surface area contributed by atoms with Gasteiger partial charge in [-0.2, -0.15) is 0 Å². The molecule has 0 atom stereocenters. The van der Waals surface area contributed by atoms with E-state index >= 15 is 0 Å². The molecule has 0 heterocycles. The molecule has 0 unspecified atom stereocenters. The smallest absolute Gasteiger partial charge is 0.244 e. The van der Waals surface area contributed by atoms with Gasteiger partial charge < -0.3 is 16.0 Å². The molecular weight excluding hydrogens is 415 g/mol. The second-order valence-corrected chi connectivity index (χ2v) is 6.50. The van der Waals surface area contributed by atoms with Crippen LogP contribution in [0.3, 0.4) is 0 Å². The number of aliphatic imine (C=N–C) groups is 1. The van der Waals surface area contributed by atoms with E-state index in [9.17, 15) is 4.79 Å². The third kappa shape index (κ3) is 6.30. The highest BCUT2D eigenvalue weighted by Gasteiger charge is 2.21. The SMILES string of the molecule is Cc1cc(C)cc(NC(N)=NCC(=O)N(C)C2CCCCC2)c1.I. The zero-order valence-corrected chi connectivity index (χ0v) is 17.2. The number of amides is 1. The van der Waals surface area contributed by atoms with Crippen molar-refractivity contribution in [2.24, 2.45) is 10.7 Å². The Labute approximate surface area is 162 Å². The molecule has 1 amide bonds. The van der Waals surface area contributed by atoms with Crippen LogP contribution in [0.5, 0.6) is 0 Å². The number of benzene rings is 1. The first-order valence-corrected chi connectivity index (χ1v) is 8.36. The van der Waals surface area contributed by atoms with Crippen LogP contribution in [-0.2, 0) is 4.79 Å². The van der Waals surface area contributed by atoms with Crippen molar-refractivity contribution in [3.05, 3.63) is 29.3 Å². The van der Waals surface area contributed by atoms with Gasteiger partial charge in [0.2, 0.25) is 5.91 Å². The molecule has 1 fully saturated rings. The number of nitrogens with one attached hydrogen (secondary N) is 1. The molecule has 1 aliphatic rings. The first kappa shape index (κ1) is 20.7. The van der Waals surface area contributed by atoms with Crippen LogP contribution in [0.4, 0.5) is 5.69 Å². The number of likely N-dealkylation sites (N-methyl/N-ethyl adjacent to an activating group) is 1. The van der Waals surface area contributed by atoms with Crippen molar-refractivity contribution in [3.63, 3.8) is 0 Å². The molecule has 1 aromatic rings. The Hall–Kier alpha value is -1.31. The molecule has 1 saturated carbocycles. The van der Waals surface area contributed by atoms with Crippen LogP contribution < -0.4 is 11.1 Å². The van der Waals surface area contributed by atoms with Gasteiger partial charge in [-0.25, -0.2) is 4.99 Å². The van der Waals surface area contributed by atoms with Crippen LogP contribution in [0.2, 0.25) is 0 Å². The molecule has 1 aromatic carbocycles. The van der Waals surface area contributed by atoms with Gasteiger partial charge >= 0.3 is 0 Å². The van der Waals surface area contributed by atoms with Crippen LogP contribution >= 0.6 is 24.0 Å². The fourth-order valence-corrected chi connectivity index (χ4v) is 3.17. The van der Waals surface area contributed by atoms with Gasteiger partial charge in [0.25, 0.3) is 0 Å². The van der Waals surface area contributed by atoms with E-state index in [0.717, 1.165) is 29.7 Å². The number of carbonyl (C=O) groups is 1. The predicted molar refractivity (Wildman–Crippen MR) is 111 cm³/mol. The molecule has 0 saturated heterocycles. The molecule has 3 N–H and O–H groups in total. The summed E-state index contributed by atoms with van der Waals surface area (Å²) in [4.78, 5) is 18.3. The zero-order valence-electron chi connectivity index (χ0n) is 14.8.